The van der Waals surface area contributed by atoms with Crippen LogP contribution in [-0.4, -0.2) is 24.7 Å². The number of benzene rings is 1. The number of carbonyl (C=O) groups excluding carboxylic acids is 1. The van der Waals surface area contributed by atoms with E-state index in [9.17, 15) is 4.79 Å². The maximum Gasteiger partial charge on any atom is 0.230 e. The van der Waals surface area contributed by atoms with Gasteiger partial charge < -0.3 is 10.6 Å². The summed E-state index contributed by atoms with van der Waals surface area (Å²) in [5.41, 5.74) is 1.26. The normalized spacial score (nSPS) is 12.2. The van der Waals surface area contributed by atoms with Gasteiger partial charge in [-0.25, -0.2) is 0 Å². The highest BCUT2D eigenvalue weighted by molar-refractivity contribution is 8.00. The number of amides is 1. The Kier molecular flexibility index (Phi) is 6.83. The number of nitrogens with one attached hydrogen (secondary N) is 2. The summed E-state index contributed by atoms with van der Waals surface area (Å²) in [6.45, 7) is 4.97. The molecular formula is C14H22N2OS. The Bertz CT molecular complexity index is 365. The van der Waals surface area contributed by atoms with Gasteiger partial charge in [0, 0.05) is 17.5 Å². The molecule has 3 nitrogen and oxygen atoms in total. The van der Waals surface area contributed by atoms with Gasteiger partial charge >= 0.3 is 0 Å². The van der Waals surface area contributed by atoms with Crippen LogP contribution in [0.15, 0.2) is 29.2 Å². The van der Waals surface area contributed by atoms with E-state index in [1.165, 1.54) is 5.56 Å². The summed E-state index contributed by atoms with van der Waals surface area (Å²) in [7, 11) is 1.93. The van der Waals surface area contributed by atoms with Crippen molar-refractivity contribution in [3.63, 3.8) is 0 Å². The van der Waals surface area contributed by atoms with Gasteiger partial charge in [0.2, 0.25) is 5.91 Å². The molecule has 0 radical (unpaired) electrons. The molecule has 0 aliphatic heterocycles. The highest BCUT2D eigenvalue weighted by Gasteiger charge is 2.05. The van der Waals surface area contributed by atoms with Crippen molar-refractivity contribution in [1.82, 2.24) is 10.6 Å². The smallest absolute Gasteiger partial charge is 0.230 e. The molecule has 0 spiro atoms. The number of thioether (sulfide) groups is 1. The number of carbonyl (C=O) groups is 1. The van der Waals surface area contributed by atoms with Crippen molar-refractivity contribution in [2.75, 3.05) is 12.8 Å². The Balaban J connectivity index is 2.36. The molecule has 0 aliphatic carbocycles. The van der Waals surface area contributed by atoms with Crippen molar-refractivity contribution in [1.29, 1.82) is 0 Å². The lowest BCUT2D eigenvalue weighted by Gasteiger charge is -2.11. The zero-order chi connectivity index (χ0) is 13.4. The van der Waals surface area contributed by atoms with Crippen LogP contribution in [-0.2, 0) is 11.3 Å². The van der Waals surface area contributed by atoms with Crippen LogP contribution in [0.2, 0.25) is 0 Å². The molecule has 1 aromatic carbocycles. The van der Waals surface area contributed by atoms with E-state index in [0.717, 1.165) is 17.9 Å². The van der Waals surface area contributed by atoms with E-state index in [-0.39, 0.29) is 11.9 Å². The van der Waals surface area contributed by atoms with E-state index >= 15 is 0 Å². The van der Waals surface area contributed by atoms with Crippen LogP contribution in [0.25, 0.3) is 0 Å². The molecule has 0 bridgehead atoms. The standard InChI is InChI=1S/C14H22N2OS/c1-4-11(2)16-14(17)10-18-13-7-5-12(6-8-13)9-15-3/h5-8,11,15H,4,9-10H2,1-3H3,(H,16,17). The van der Waals surface area contributed by atoms with E-state index in [4.69, 9.17) is 0 Å². The molecule has 1 atom stereocenters. The van der Waals surface area contributed by atoms with Crippen molar-refractivity contribution < 1.29 is 4.79 Å². The maximum absolute atomic E-state index is 11.6. The Morgan fingerprint density at radius 3 is 2.56 bits per heavy atom. The topological polar surface area (TPSA) is 41.1 Å². The van der Waals surface area contributed by atoms with Crippen LogP contribution in [0.3, 0.4) is 0 Å². The number of hydrogen-bond donors (Lipinski definition) is 2. The zero-order valence-corrected chi connectivity index (χ0v) is 12.1. The molecule has 2 N–H and O–H groups in total. The van der Waals surface area contributed by atoms with Gasteiger partial charge in [-0.3, -0.25) is 4.79 Å². The molecule has 1 rings (SSSR count). The lowest BCUT2D eigenvalue weighted by molar-refractivity contribution is -0.119. The molecule has 0 aromatic heterocycles. The van der Waals surface area contributed by atoms with Crippen molar-refractivity contribution in [3.05, 3.63) is 29.8 Å². The first-order valence-electron chi connectivity index (χ1n) is 6.31. The largest absolute Gasteiger partial charge is 0.353 e. The van der Waals surface area contributed by atoms with Crippen LogP contribution in [0.4, 0.5) is 0 Å². The van der Waals surface area contributed by atoms with E-state index in [2.05, 4.69) is 41.8 Å². The molecule has 0 aliphatic rings. The van der Waals surface area contributed by atoms with Gasteiger partial charge in [0.25, 0.3) is 0 Å². The summed E-state index contributed by atoms with van der Waals surface area (Å²) in [6.07, 6.45) is 0.967. The average molecular weight is 266 g/mol. The minimum absolute atomic E-state index is 0.105. The Labute approximate surface area is 114 Å². The molecule has 100 valence electrons. The van der Waals surface area contributed by atoms with Crippen LogP contribution >= 0.6 is 11.8 Å². The van der Waals surface area contributed by atoms with Crippen LogP contribution in [0.1, 0.15) is 25.8 Å². The SMILES string of the molecule is CCC(C)NC(=O)CSc1ccc(CNC)cc1. The third-order valence-electron chi connectivity index (χ3n) is 2.69. The zero-order valence-electron chi connectivity index (χ0n) is 11.3. The van der Waals surface area contributed by atoms with Crippen LogP contribution in [0.5, 0.6) is 0 Å². The molecule has 1 amide bonds. The van der Waals surface area contributed by atoms with Crippen molar-refractivity contribution in [2.24, 2.45) is 0 Å². The van der Waals surface area contributed by atoms with Gasteiger partial charge in [0.1, 0.15) is 0 Å². The van der Waals surface area contributed by atoms with Gasteiger partial charge in [-0.1, -0.05) is 19.1 Å². The fourth-order valence-electron chi connectivity index (χ4n) is 1.48. The highest BCUT2D eigenvalue weighted by Crippen LogP contribution is 2.18. The molecular weight excluding hydrogens is 244 g/mol. The van der Waals surface area contributed by atoms with Crippen molar-refractivity contribution >= 4 is 17.7 Å². The van der Waals surface area contributed by atoms with E-state index in [0.29, 0.717) is 5.75 Å². The lowest BCUT2D eigenvalue weighted by Crippen LogP contribution is -2.33. The summed E-state index contributed by atoms with van der Waals surface area (Å²) in [5, 5.41) is 6.07. The van der Waals surface area contributed by atoms with E-state index in [1.54, 1.807) is 11.8 Å². The number of rotatable bonds is 7. The lowest BCUT2D eigenvalue weighted by atomic mass is 10.2. The molecule has 4 heteroatoms. The number of hydrogen-bond acceptors (Lipinski definition) is 3. The second-order valence-electron chi connectivity index (χ2n) is 4.34. The average Bonchev–Trinajstić information content (AvgIpc) is 2.38. The predicted octanol–water partition coefficient (Wildman–Crippen LogP) is 2.41. The first kappa shape index (κ1) is 15.1. The van der Waals surface area contributed by atoms with Gasteiger partial charge in [-0.05, 0) is 38.1 Å². The van der Waals surface area contributed by atoms with Gasteiger partial charge in [0.15, 0.2) is 0 Å². The fraction of sp³-hybridized carbons (Fsp3) is 0.500. The summed E-state index contributed by atoms with van der Waals surface area (Å²) in [6, 6.07) is 8.56. The third kappa shape index (κ3) is 5.56. The second kappa shape index (κ2) is 8.16. The summed E-state index contributed by atoms with van der Waals surface area (Å²) < 4.78 is 0. The van der Waals surface area contributed by atoms with Crippen LogP contribution in [0, 0.1) is 0 Å². The summed E-state index contributed by atoms with van der Waals surface area (Å²) in [5.74, 6) is 0.587. The van der Waals surface area contributed by atoms with E-state index < -0.39 is 0 Å². The van der Waals surface area contributed by atoms with Crippen molar-refractivity contribution in [3.8, 4) is 0 Å². The Morgan fingerprint density at radius 2 is 2.00 bits per heavy atom. The van der Waals surface area contributed by atoms with Gasteiger partial charge in [-0.2, -0.15) is 0 Å². The monoisotopic (exact) mass is 266 g/mol. The third-order valence-corrected chi connectivity index (χ3v) is 3.71. The quantitative estimate of drug-likeness (QED) is 0.745. The molecule has 1 unspecified atom stereocenters. The second-order valence-corrected chi connectivity index (χ2v) is 5.39. The van der Waals surface area contributed by atoms with Crippen LogP contribution < -0.4 is 10.6 Å². The summed E-state index contributed by atoms with van der Waals surface area (Å²) in [4.78, 5) is 12.7. The first-order chi connectivity index (χ1) is 8.65. The first-order valence-corrected chi connectivity index (χ1v) is 7.30. The molecule has 0 heterocycles. The fourth-order valence-corrected chi connectivity index (χ4v) is 2.18. The Hall–Kier alpha value is -1.00. The van der Waals surface area contributed by atoms with Crippen molar-refractivity contribution in [2.45, 2.75) is 37.8 Å². The molecule has 0 saturated heterocycles. The minimum atomic E-state index is 0.105. The van der Waals surface area contributed by atoms with Gasteiger partial charge in [0.05, 0.1) is 5.75 Å². The molecule has 0 fully saturated rings. The minimum Gasteiger partial charge on any atom is -0.353 e. The highest BCUT2D eigenvalue weighted by atomic mass is 32.2. The molecule has 18 heavy (non-hydrogen) atoms. The molecule has 1 aromatic rings. The predicted molar refractivity (Wildman–Crippen MR) is 77.8 cm³/mol. The van der Waals surface area contributed by atoms with Gasteiger partial charge in [-0.15, -0.1) is 11.8 Å². The molecule has 0 saturated carbocycles. The maximum atomic E-state index is 11.6. The Morgan fingerprint density at radius 1 is 1.33 bits per heavy atom. The van der Waals surface area contributed by atoms with E-state index in [1.807, 2.05) is 14.0 Å². The summed E-state index contributed by atoms with van der Waals surface area (Å²) >= 11 is 1.58.